The number of para-hydroxylation sites is 2. The molecule has 0 spiro atoms. The van der Waals surface area contributed by atoms with Crippen molar-refractivity contribution in [3.8, 4) is 11.5 Å². The standard InChI is InChI=1S/C26H30N2O4/c1-31-23-12-6-4-10-19(23)26(30)28-21-11-5-2-8-17(21)16-22(28)25(29)27-20-14-15-32-24-13-7-3-9-18(20)24/h3-4,6-7,9-10,12-13,17,20-22H,2,5,8,11,14-16H2,1H3,(H,27,29). The largest absolute Gasteiger partial charge is 0.496 e. The number of hydrogen-bond donors (Lipinski definition) is 1. The maximum atomic E-state index is 13.7. The van der Waals surface area contributed by atoms with Crippen molar-refractivity contribution >= 4 is 11.8 Å². The summed E-state index contributed by atoms with van der Waals surface area (Å²) in [4.78, 5) is 29.2. The zero-order valence-corrected chi connectivity index (χ0v) is 18.5. The van der Waals surface area contributed by atoms with Gasteiger partial charge in [0.05, 0.1) is 25.3 Å². The van der Waals surface area contributed by atoms with Crippen LogP contribution in [0.2, 0.25) is 0 Å². The second-order valence-corrected chi connectivity index (χ2v) is 9.01. The molecule has 168 valence electrons. The van der Waals surface area contributed by atoms with Crippen molar-refractivity contribution in [2.24, 2.45) is 5.92 Å². The molecule has 2 fully saturated rings. The Bertz CT molecular complexity index is 1010. The molecule has 6 heteroatoms. The lowest BCUT2D eigenvalue weighted by molar-refractivity contribution is -0.126. The summed E-state index contributed by atoms with van der Waals surface area (Å²) < 4.78 is 11.2. The molecule has 2 aliphatic heterocycles. The fourth-order valence-electron chi connectivity index (χ4n) is 5.71. The van der Waals surface area contributed by atoms with Crippen LogP contribution in [0.4, 0.5) is 0 Å². The fourth-order valence-corrected chi connectivity index (χ4v) is 5.71. The zero-order chi connectivity index (χ0) is 22.1. The number of rotatable bonds is 4. The number of fused-ring (bicyclic) bond motifs is 2. The molecule has 1 saturated heterocycles. The van der Waals surface area contributed by atoms with Crippen molar-refractivity contribution in [3.05, 3.63) is 59.7 Å². The third kappa shape index (κ3) is 3.72. The average Bonchev–Trinajstić information content (AvgIpc) is 3.23. The van der Waals surface area contributed by atoms with E-state index in [9.17, 15) is 9.59 Å². The molecule has 1 saturated carbocycles. The van der Waals surface area contributed by atoms with Crippen LogP contribution in [0.5, 0.6) is 11.5 Å². The average molecular weight is 435 g/mol. The van der Waals surface area contributed by atoms with Crippen molar-refractivity contribution < 1.29 is 19.1 Å². The van der Waals surface area contributed by atoms with Gasteiger partial charge in [-0.05, 0) is 43.4 Å². The quantitative estimate of drug-likeness (QED) is 0.787. The molecule has 2 aromatic rings. The Morgan fingerprint density at radius 1 is 1.03 bits per heavy atom. The Morgan fingerprint density at radius 2 is 1.81 bits per heavy atom. The predicted octanol–water partition coefficient (Wildman–Crippen LogP) is 4.11. The molecular weight excluding hydrogens is 404 g/mol. The number of carbonyl (C=O) groups is 2. The summed E-state index contributed by atoms with van der Waals surface area (Å²) in [7, 11) is 1.58. The molecule has 6 nitrogen and oxygen atoms in total. The molecule has 0 aromatic heterocycles. The molecule has 0 radical (unpaired) electrons. The van der Waals surface area contributed by atoms with Crippen molar-refractivity contribution in [3.63, 3.8) is 0 Å². The van der Waals surface area contributed by atoms with Gasteiger partial charge >= 0.3 is 0 Å². The second-order valence-electron chi connectivity index (χ2n) is 9.01. The normalized spacial score (nSPS) is 26.5. The summed E-state index contributed by atoms with van der Waals surface area (Å²) in [6.07, 6.45) is 5.74. The highest BCUT2D eigenvalue weighted by Crippen LogP contribution is 2.42. The molecule has 3 aliphatic rings. The van der Waals surface area contributed by atoms with E-state index in [0.29, 0.717) is 23.8 Å². The van der Waals surface area contributed by atoms with Crippen LogP contribution >= 0.6 is 0 Å². The van der Waals surface area contributed by atoms with Gasteiger partial charge in [-0.3, -0.25) is 9.59 Å². The fraction of sp³-hybridized carbons (Fsp3) is 0.462. The maximum Gasteiger partial charge on any atom is 0.258 e. The molecule has 32 heavy (non-hydrogen) atoms. The lowest BCUT2D eigenvalue weighted by Crippen LogP contribution is -2.50. The molecule has 4 unspecified atom stereocenters. The highest BCUT2D eigenvalue weighted by atomic mass is 16.5. The smallest absolute Gasteiger partial charge is 0.258 e. The number of carbonyl (C=O) groups excluding carboxylic acids is 2. The van der Waals surface area contributed by atoms with E-state index in [4.69, 9.17) is 9.47 Å². The summed E-state index contributed by atoms with van der Waals surface area (Å²) in [5.41, 5.74) is 1.53. The minimum Gasteiger partial charge on any atom is -0.496 e. The second kappa shape index (κ2) is 8.85. The molecular formula is C26H30N2O4. The van der Waals surface area contributed by atoms with Crippen LogP contribution in [0.15, 0.2) is 48.5 Å². The Kier molecular flexibility index (Phi) is 5.77. The van der Waals surface area contributed by atoms with Gasteiger partial charge in [-0.2, -0.15) is 0 Å². The Morgan fingerprint density at radius 3 is 2.69 bits per heavy atom. The van der Waals surface area contributed by atoms with Crippen LogP contribution in [0.1, 0.15) is 60.5 Å². The molecule has 2 amide bonds. The zero-order valence-electron chi connectivity index (χ0n) is 18.5. The number of likely N-dealkylation sites (tertiary alicyclic amines) is 1. The topological polar surface area (TPSA) is 67.9 Å². The number of amides is 2. The highest BCUT2D eigenvalue weighted by Gasteiger charge is 2.48. The monoisotopic (exact) mass is 434 g/mol. The van der Waals surface area contributed by atoms with Gasteiger partial charge in [-0.1, -0.05) is 43.2 Å². The van der Waals surface area contributed by atoms with Gasteiger partial charge in [0.1, 0.15) is 17.5 Å². The van der Waals surface area contributed by atoms with E-state index >= 15 is 0 Å². The van der Waals surface area contributed by atoms with Crippen LogP contribution in [0.25, 0.3) is 0 Å². The van der Waals surface area contributed by atoms with Crippen molar-refractivity contribution in [1.82, 2.24) is 10.2 Å². The van der Waals surface area contributed by atoms with Crippen molar-refractivity contribution in [1.29, 1.82) is 0 Å². The lowest BCUT2D eigenvalue weighted by atomic mass is 9.84. The molecule has 4 atom stereocenters. The molecule has 1 aliphatic carbocycles. The first kappa shape index (κ1) is 20.9. The summed E-state index contributed by atoms with van der Waals surface area (Å²) in [6, 6.07) is 14.7. The van der Waals surface area contributed by atoms with Crippen LogP contribution < -0.4 is 14.8 Å². The highest BCUT2D eigenvalue weighted by molar-refractivity contribution is 6.00. The molecule has 0 bridgehead atoms. The van der Waals surface area contributed by atoms with Gasteiger partial charge < -0.3 is 19.7 Å². The minimum atomic E-state index is -0.462. The first-order valence-corrected chi connectivity index (χ1v) is 11.6. The molecule has 1 N–H and O–H groups in total. The number of benzene rings is 2. The number of methoxy groups -OCH3 is 1. The number of hydrogen-bond acceptors (Lipinski definition) is 4. The van der Waals surface area contributed by atoms with Gasteiger partial charge in [-0.15, -0.1) is 0 Å². The Balaban J connectivity index is 1.42. The molecule has 2 aromatic carbocycles. The van der Waals surface area contributed by atoms with Crippen LogP contribution in [0, 0.1) is 5.92 Å². The number of nitrogens with one attached hydrogen (secondary N) is 1. The van der Waals surface area contributed by atoms with E-state index < -0.39 is 6.04 Å². The number of ether oxygens (including phenoxy) is 2. The summed E-state index contributed by atoms with van der Waals surface area (Å²) >= 11 is 0. The van der Waals surface area contributed by atoms with Crippen LogP contribution in [0.3, 0.4) is 0 Å². The van der Waals surface area contributed by atoms with E-state index in [1.807, 2.05) is 41.3 Å². The minimum absolute atomic E-state index is 0.0654. The Hall–Kier alpha value is -3.02. The predicted molar refractivity (Wildman–Crippen MR) is 121 cm³/mol. The summed E-state index contributed by atoms with van der Waals surface area (Å²) in [5, 5.41) is 3.25. The third-order valence-electron chi connectivity index (χ3n) is 7.24. The molecule has 2 heterocycles. The van der Waals surface area contributed by atoms with Gasteiger partial charge in [0.15, 0.2) is 0 Å². The first-order chi connectivity index (χ1) is 15.7. The maximum absolute atomic E-state index is 13.7. The lowest BCUT2D eigenvalue weighted by Gasteiger charge is -2.34. The summed E-state index contributed by atoms with van der Waals surface area (Å²) in [5.74, 6) is 1.58. The SMILES string of the molecule is COc1ccccc1C(=O)N1C(C(=O)NC2CCOc3ccccc32)CC2CCCCC21. The van der Waals surface area contributed by atoms with E-state index in [1.54, 1.807) is 19.2 Å². The Labute approximate surface area is 188 Å². The first-order valence-electron chi connectivity index (χ1n) is 11.6. The van der Waals surface area contributed by atoms with Gasteiger partial charge in [-0.25, -0.2) is 0 Å². The van der Waals surface area contributed by atoms with Gasteiger partial charge in [0, 0.05) is 18.0 Å². The van der Waals surface area contributed by atoms with Crippen molar-refractivity contribution in [2.75, 3.05) is 13.7 Å². The van der Waals surface area contributed by atoms with E-state index in [1.165, 1.54) is 6.42 Å². The van der Waals surface area contributed by atoms with Gasteiger partial charge in [0.25, 0.3) is 5.91 Å². The molecule has 5 rings (SSSR count). The number of nitrogens with zero attached hydrogens (tertiary/aromatic N) is 1. The van der Waals surface area contributed by atoms with Crippen molar-refractivity contribution in [2.45, 2.75) is 56.7 Å². The van der Waals surface area contributed by atoms with E-state index in [0.717, 1.165) is 43.4 Å². The van der Waals surface area contributed by atoms with Crippen LogP contribution in [-0.2, 0) is 4.79 Å². The van der Waals surface area contributed by atoms with E-state index in [-0.39, 0.29) is 23.9 Å². The summed E-state index contributed by atoms with van der Waals surface area (Å²) in [6.45, 7) is 0.571. The van der Waals surface area contributed by atoms with E-state index in [2.05, 4.69) is 5.32 Å². The third-order valence-corrected chi connectivity index (χ3v) is 7.24. The van der Waals surface area contributed by atoms with Crippen LogP contribution in [-0.4, -0.2) is 42.5 Å². The van der Waals surface area contributed by atoms with Gasteiger partial charge in [0.2, 0.25) is 5.91 Å².